The average molecular weight is 339 g/mol. The van der Waals surface area contributed by atoms with Crippen LogP contribution in [0.3, 0.4) is 0 Å². The predicted molar refractivity (Wildman–Crippen MR) is 89.3 cm³/mol. The van der Waals surface area contributed by atoms with Gasteiger partial charge in [0.1, 0.15) is 5.75 Å². The number of rotatable bonds is 4. The minimum atomic E-state index is -0.0129. The Bertz CT molecular complexity index is 553. The van der Waals surface area contributed by atoms with Crippen molar-refractivity contribution in [2.24, 2.45) is 0 Å². The normalized spacial score (nSPS) is 22.3. The molecule has 2 aliphatic rings. The van der Waals surface area contributed by atoms with Crippen molar-refractivity contribution in [3.63, 3.8) is 0 Å². The molecule has 1 aromatic carbocycles. The number of hydrogen-bond acceptors (Lipinski definition) is 4. The van der Waals surface area contributed by atoms with Gasteiger partial charge in [0, 0.05) is 44.4 Å². The number of ether oxygens (including phenoxy) is 2. The zero-order valence-electron chi connectivity index (χ0n) is 13.5. The van der Waals surface area contributed by atoms with Crippen LogP contribution in [0.25, 0.3) is 0 Å². The average Bonchev–Trinajstić information content (AvgIpc) is 3.08. The summed E-state index contributed by atoms with van der Waals surface area (Å²) in [4.78, 5) is 17.0. The van der Waals surface area contributed by atoms with Gasteiger partial charge in [-0.25, -0.2) is 0 Å². The minimum Gasteiger partial charge on any atom is -0.496 e. The van der Waals surface area contributed by atoms with E-state index in [1.54, 1.807) is 25.3 Å². The van der Waals surface area contributed by atoms with Crippen molar-refractivity contribution in [2.75, 3.05) is 46.4 Å². The molecule has 1 aromatic rings. The van der Waals surface area contributed by atoms with Crippen LogP contribution < -0.4 is 4.74 Å². The summed E-state index contributed by atoms with van der Waals surface area (Å²) < 4.78 is 11.0. The minimum absolute atomic E-state index is 0.0129. The first-order valence-corrected chi connectivity index (χ1v) is 8.52. The third kappa shape index (κ3) is 3.97. The number of amides is 1. The molecule has 0 bridgehead atoms. The first-order valence-electron chi connectivity index (χ1n) is 8.14. The van der Waals surface area contributed by atoms with E-state index in [0.29, 0.717) is 22.4 Å². The number of carbonyl (C=O) groups is 1. The van der Waals surface area contributed by atoms with Gasteiger partial charge in [0.15, 0.2) is 0 Å². The molecule has 2 saturated heterocycles. The van der Waals surface area contributed by atoms with Crippen LogP contribution in [-0.2, 0) is 4.74 Å². The van der Waals surface area contributed by atoms with Gasteiger partial charge < -0.3 is 14.4 Å². The van der Waals surface area contributed by atoms with Crippen LogP contribution in [0.5, 0.6) is 5.75 Å². The van der Waals surface area contributed by atoms with E-state index in [2.05, 4.69) is 4.90 Å². The highest BCUT2D eigenvalue weighted by Crippen LogP contribution is 2.24. The second-order valence-corrected chi connectivity index (χ2v) is 6.51. The molecule has 5 nitrogen and oxygen atoms in total. The number of methoxy groups -OCH3 is 1. The van der Waals surface area contributed by atoms with E-state index in [-0.39, 0.29) is 5.91 Å². The number of carbonyl (C=O) groups excluding carboxylic acids is 1. The number of piperazine rings is 1. The SMILES string of the molecule is COc1ccc(Cl)cc1C(=O)N1CCN(C[C@H]2CCCO2)CC1. The van der Waals surface area contributed by atoms with Crippen molar-refractivity contribution in [1.29, 1.82) is 0 Å². The van der Waals surface area contributed by atoms with E-state index in [9.17, 15) is 4.79 Å². The summed E-state index contributed by atoms with van der Waals surface area (Å²) in [7, 11) is 1.57. The summed E-state index contributed by atoms with van der Waals surface area (Å²) in [5.74, 6) is 0.558. The molecule has 0 saturated carbocycles. The van der Waals surface area contributed by atoms with E-state index in [0.717, 1.165) is 52.2 Å². The molecule has 0 aliphatic carbocycles. The number of hydrogen-bond donors (Lipinski definition) is 0. The number of benzene rings is 1. The second kappa shape index (κ2) is 7.51. The predicted octanol–water partition coefficient (Wildman–Crippen LogP) is 2.29. The van der Waals surface area contributed by atoms with E-state index < -0.39 is 0 Å². The molecule has 126 valence electrons. The van der Waals surface area contributed by atoms with E-state index >= 15 is 0 Å². The molecule has 1 atom stereocenters. The summed E-state index contributed by atoms with van der Waals surface area (Å²) in [6.07, 6.45) is 2.68. The molecular formula is C17H23ClN2O3. The Labute approximate surface area is 142 Å². The molecule has 0 radical (unpaired) electrons. The Hall–Kier alpha value is -1.30. The zero-order chi connectivity index (χ0) is 16.2. The lowest BCUT2D eigenvalue weighted by atomic mass is 10.1. The smallest absolute Gasteiger partial charge is 0.257 e. The maximum Gasteiger partial charge on any atom is 0.257 e. The van der Waals surface area contributed by atoms with E-state index in [1.807, 2.05) is 4.90 Å². The monoisotopic (exact) mass is 338 g/mol. The molecule has 0 aromatic heterocycles. The summed E-state index contributed by atoms with van der Waals surface area (Å²) in [6, 6.07) is 5.15. The third-order valence-electron chi connectivity index (χ3n) is 4.54. The fourth-order valence-corrected chi connectivity index (χ4v) is 3.40. The molecule has 2 heterocycles. The largest absolute Gasteiger partial charge is 0.496 e. The molecule has 0 unspecified atom stereocenters. The van der Waals surface area contributed by atoms with Crippen molar-refractivity contribution >= 4 is 17.5 Å². The molecular weight excluding hydrogens is 316 g/mol. The van der Waals surface area contributed by atoms with Crippen molar-refractivity contribution in [1.82, 2.24) is 9.80 Å². The van der Waals surface area contributed by atoms with Crippen LogP contribution in [0.2, 0.25) is 5.02 Å². The van der Waals surface area contributed by atoms with E-state index in [1.165, 1.54) is 0 Å². The second-order valence-electron chi connectivity index (χ2n) is 6.07. The Morgan fingerprint density at radius 3 is 2.78 bits per heavy atom. The van der Waals surface area contributed by atoms with Gasteiger partial charge in [-0.3, -0.25) is 9.69 Å². The molecule has 2 aliphatic heterocycles. The first-order chi connectivity index (χ1) is 11.2. The van der Waals surface area contributed by atoms with Gasteiger partial charge in [-0.1, -0.05) is 11.6 Å². The Morgan fingerprint density at radius 1 is 1.35 bits per heavy atom. The van der Waals surface area contributed by atoms with Gasteiger partial charge in [-0.2, -0.15) is 0 Å². The van der Waals surface area contributed by atoms with Crippen molar-refractivity contribution in [3.8, 4) is 5.75 Å². The maximum absolute atomic E-state index is 12.7. The summed E-state index contributed by atoms with van der Waals surface area (Å²) >= 11 is 6.03. The van der Waals surface area contributed by atoms with Crippen LogP contribution in [0.4, 0.5) is 0 Å². The summed E-state index contributed by atoms with van der Waals surface area (Å²) in [5.41, 5.74) is 0.535. The third-order valence-corrected chi connectivity index (χ3v) is 4.77. The Kier molecular flexibility index (Phi) is 5.41. The molecule has 3 rings (SSSR count). The molecule has 1 amide bonds. The van der Waals surface area contributed by atoms with Crippen molar-refractivity contribution in [3.05, 3.63) is 28.8 Å². The van der Waals surface area contributed by atoms with Crippen molar-refractivity contribution in [2.45, 2.75) is 18.9 Å². The van der Waals surface area contributed by atoms with Crippen LogP contribution in [0.15, 0.2) is 18.2 Å². The van der Waals surface area contributed by atoms with E-state index in [4.69, 9.17) is 21.1 Å². The molecule has 6 heteroatoms. The molecule has 23 heavy (non-hydrogen) atoms. The standard InChI is InChI=1S/C17H23ClN2O3/c1-22-16-5-4-13(18)11-15(16)17(21)20-8-6-19(7-9-20)12-14-3-2-10-23-14/h4-5,11,14H,2-3,6-10,12H2,1H3/t14-/m1/s1. The van der Waals surface area contributed by atoms with Gasteiger partial charge in [0.25, 0.3) is 5.91 Å². The van der Waals surface area contributed by atoms with Gasteiger partial charge in [0.2, 0.25) is 0 Å². The lowest BCUT2D eigenvalue weighted by Crippen LogP contribution is -2.50. The van der Waals surface area contributed by atoms with Crippen molar-refractivity contribution < 1.29 is 14.3 Å². The zero-order valence-corrected chi connectivity index (χ0v) is 14.2. The highest BCUT2D eigenvalue weighted by Gasteiger charge is 2.26. The number of nitrogens with zero attached hydrogens (tertiary/aromatic N) is 2. The van der Waals surface area contributed by atoms with Gasteiger partial charge in [-0.05, 0) is 31.0 Å². The van der Waals surface area contributed by atoms with Crippen LogP contribution >= 0.6 is 11.6 Å². The molecule has 2 fully saturated rings. The first kappa shape index (κ1) is 16.6. The van der Waals surface area contributed by atoms with Crippen LogP contribution in [0.1, 0.15) is 23.2 Å². The quantitative estimate of drug-likeness (QED) is 0.844. The Balaban J connectivity index is 1.58. The van der Waals surface area contributed by atoms with Gasteiger partial charge in [-0.15, -0.1) is 0 Å². The molecule has 0 N–H and O–H groups in total. The highest BCUT2D eigenvalue weighted by atomic mass is 35.5. The fourth-order valence-electron chi connectivity index (χ4n) is 3.23. The molecule has 0 spiro atoms. The summed E-state index contributed by atoms with van der Waals surface area (Å²) in [6.45, 7) is 5.07. The van der Waals surface area contributed by atoms with Gasteiger partial charge in [0.05, 0.1) is 18.8 Å². The lowest BCUT2D eigenvalue weighted by Gasteiger charge is -2.35. The Morgan fingerprint density at radius 2 is 2.13 bits per heavy atom. The van der Waals surface area contributed by atoms with Crippen LogP contribution in [0, 0.1) is 0 Å². The topological polar surface area (TPSA) is 42.0 Å². The van der Waals surface area contributed by atoms with Gasteiger partial charge >= 0.3 is 0 Å². The summed E-state index contributed by atoms with van der Waals surface area (Å²) in [5, 5.41) is 0.547. The maximum atomic E-state index is 12.7. The lowest BCUT2D eigenvalue weighted by molar-refractivity contribution is 0.0431. The number of halogens is 1. The fraction of sp³-hybridized carbons (Fsp3) is 0.588. The highest BCUT2D eigenvalue weighted by molar-refractivity contribution is 6.31. The van der Waals surface area contributed by atoms with Crippen LogP contribution in [-0.4, -0.2) is 68.3 Å².